The molecule has 1 aromatic heterocycles. The molecule has 0 bridgehead atoms. The number of para-hydroxylation sites is 1. The molecule has 0 saturated carbocycles. The Morgan fingerprint density at radius 3 is 2.10 bits per heavy atom. The van der Waals surface area contributed by atoms with E-state index in [1.807, 2.05) is 30.3 Å². The first-order valence-corrected chi connectivity index (χ1v) is 9.42. The Morgan fingerprint density at radius 1 is 0.933 bits per heavy atom. The van der Waals surface area contributed by atoms with Gasteiger partial charge in [-0.05, 0) is 44.2 Å². The summed E-state index contributed by atoms with van der Waals surface area (Å²) in [7, 11) is 0. The van der Waals surface area contributed by atoms with Crippen molar-refractivity contribution in [3.8, 4) is 5.69 Å². The fourth-order valence-corrected chi connectivity index (χ4v) is 2.82. The predicted molar refractivity (Wildman–Crippen MR) is 110 cm³/mol. The van der Waals surface area contributed by atoms with E-state index in [2.05, 4.69) is 10.3 Å². The summed E-state index contributed by atoms with van der Waals surface area (Å²) >= 11 is 0. The molecular formula is C22H21N3O5. The minimum absolute atomic E-state index is 0.134. The van der Waals surface area contributed by atoms with E-state index in [4.69, 9.17) is 9.47 Å². The Kier molecular flexibility index (Phi) is 6.59. The van der Waals surface area contributed by atoms with Crippen molar-refractivity contribution in [3.63, 3.8) is 0 Å². The Labute approximate surface area is 173 Å². The summed E-state index contributed by atoms with van der Waals surface area (Å²) in [6.07, 6.45) is 2.97. The van der Waals surface area contributed by atoms with Crippen LogP contribution < -0.4 is 5.32 Å². The van der Waals surface area contributed by atoms with Crippen LogP contribution in [0.5, 0.6) is 0 Å². The van der Waals surface area contributed by atoms with E-state index < -0.39 is 17.8 Å². The average molecular weight is 407 g/mol. The van der Waals surface area contributed by atoms with Crippen molar-refractivity contribution in [2.45, 2.75) is 13.8 Å². The van der Waals surface area contributed by atoms with Crippen molar-refractivity contribution in [3.05, 3.63) is 77.9 Å². The molecule has 1 N–H and O–H groups in total. The SMILES string of the molecule is CCOC(=O)c1cc(NC(=O)c2cncn2-c2ccccc2)cc(C(=O)OCC)c1. The van der Waals surface area contributed by atoms with Gasteiger partial charge >= 0.3 is 11.9 Å². The normalized spacial score (nSPS) is 10.3. The van der Waals surface area contributed by atoms with Gasteiger partial charge in [-0.15, -0.1) is 0 Å². The second kappa shape index (κ2) is 9.51. The van der Waals surface area contributed by atoms with E-state index in [0.29, 0.717) is 5.69 Å². The van der Waals surface area contributed by atoms with Crippen molar-refractivity contribution in [2.24, 2.45) is 0 Å². The number of aromatic nitrogens is 2. The van der Waals surface area contributed by atoms with Crippen molar-refractivity contribution in [1.29, 1.82) is 0 Å². The van der Waals surface area contributed by atoms with Crippen LogP contribution in [0.25, 0.3) is 5.69 Å². The molecule has 0 fully saturated rings. The van der Waals surface area contributed by atoms with E-state index in [9.17, 15) is 14.4 Å². The second-order valence-electron chi connectivity index (χ2n) is 6.18. The molecule has 0 spiro atoms. The molecule has 8 nitrogen and oxygen atoms in total. The van der Waals surface area contributed by atoms with Gasteiger partial charge in [-0.1, -0.05) is 18.2 Å². The summed E-state index contributed by atoms with van der Waals surface area (Å²) in [4.78, 5) is 41.3. The highest BCUT2D eigenvalue weighted by Gasteiger charge is 2.18. The number of ether oxygens (including phenoxy) is 2. The van der Waals surface area contributed by atoms with Gasteiger partial charge in [0.05, 0.1) is 36.9 Å². The smallest absolute Gasteiger partial charge is 0.338 e. The number of hydrogen-bond donors (Lipinski definition) is 1. The minimum Gasteiger partial charge on any atom is -0.462 e. The third-order valence-corrected chi connectivity index (χ3v) is 4.12. The van der Waals surface area contributed by atoms with Crippen molar-refractivity contribution < 1.29 is 23.9 Å². The minimum atomic E-state index is -0.603. The number of nitrogens with one attached hydrogen (secondary N) is 1. The standard InChI is InChI=1S/C22H21N3O5/c1-3-29-21(27)15-10-16(22(28)30-4-2)12-17(11-15)24-20(26)19-13-23-14-25(19)18-8-6-5-7-9-18/h5-14H,3-4H2,1-2H3,(H,24,26). The molecule has 1 amide bonds. The Bertz CT molecular complexity index is 1020. The summed E-state index contributed by atoms with van der Waals surface area (Å²) in [5.41, 5.74) is 1.59. The third kappa shape index (κ3) is 4.72. The number of esters is 2. The van der Waals surface area contributed by atoms with E-state index in [1.165, 1.54) is 30.7 Å². The molecule has 0 saturated heterocycles. The number of carbonyl (C=O) groups is 3. The molecule has 2 aromatic carbocycles. The zero-order chi connectivity index (χ0) is 21.5. The van der Waals surface area contributed by atoms with Gasteiger partial charge in [0.15, 0.2) is 0 Å². The van der Waals surface area contributed by atoms with Gasteiger partial charge in [0.25, 0.3) is 5.91 Å². The van der Waals surface area contributed by atoms with Gasteiger partial charge in [0.1, 0.15) is 5.69 Å². The number of imidazole rings is 1. The molecule has 0 aliphatic rings. The molecule has 3 rings (SSSR count). The largest absolute Gasteiger partial charge is 0.462 e. The molecule has 1 heterocycles. The average Bonchev–Trinajstić information content (AvgIpc) is 3.24. The third-order valence-electron chi connectivity index (χ3n) is 4.12. The van der Waals surface area contributed by atoms with Crippen LogP contribution in [-0.2, 0) is 9.47 Å². The Hall–Kier alpha value is -3.94. The number of nitrogens with zero attached hydrogens (tertiary/aromatic N) is 2. The molecule has 0 unspecified atom stereocenters. The monoisotopic (exact) mass is 407 g/mol. The number of hydrogen-bond acceptors (Lipinski definition) is 6. The Balaban J connectivity index is 1.92. The van der Waals surface area contributed by atoms with Crippen molar-refractivity contribution >= 4 is 23.5 Å². The molecule has 0 aliphatic heterocycles. The highest BCUT2D eigenvalue weighted by Crippen LogP contribution is 2.19. The molecule has 154 valence electrons. The van der Waals surface area contributed by atoms with E-state index >= 15 is 0 Å². The lowest BCUT2D eigenvalue weighted by Gasteiger charge is -2.12. The zero-order valence-electron chi connectivity index (χ0n) is 16.6. The maximum absolute atomic E-state index is 12.9. The van der Waals surface area contributed by atoms with Crippen LogP contribution in [0.15, 0.2) is 61.1 Å². The fraction of sp³-hybridized carbons (Fsp3) is 0.182. The van der Waals surface area contributed by atoms with Crippen LogP contribution in [0.2, 0.25) is 0 Å². The summed E-state index contributed by atoms with van der Waals surface area (Å²) in [6, 6.07) is 13.5. The number of amides is 1. The summed E-state index contributed by atoms with van der Waals surface area (Å²) < 4.78 is 11.7. The van der Waals surface area contributed by atoms with Gasteiger partial charge in [0.2, 0.25) is 0 Å². The van der Waals surface area contributed by atoms with E-state index in [0.717, 1.165) is 5.69 Å². The molecule has 0 aliphatic carbocycles. The van der Waals surface area contributed by atoms with Crippen LogP contribution in [0, 0.1) is 0 Å². The maximum Gasteiger partial charge on any atom is 0.338 e. The van der Waals surface area contributed by atoms with Crippen LogP contribution in [-0.4, -0.2) is 40.6 Å². The number of rotatable bonds is 7. The van der Waals surface area contributed by atoms with Gasteiger partial charge in [-0.25, -0.2) is 14.6 Å². The van der Waals surface area contributed by atoms with E-state index in [1.54, 1.807) is 18.4 Å². The van der Waals surface area contributed by atoms with Gasteiger partial charge in [-0.3, -0.25) is 9.36 Å². The van der Waals surface area contributed by atoms with Gasteiger partial charge < -0.3 is 14.8 Å². The first kappa shape index (κ1) is 20.8. The summed E-state index contributed by atoms with van der Waals surface area (Å²) in [5.74, 6) is -1.66. The molecule has 3 aromatic rings. The lowest BCUT2D eigenvalue weighted by Crippen LogP contribution is -2.17. The van der Waals surface area contributed by atoms with Gasteiger partial charge in [0, 0.05) is 11.4 Å². The van der Waals surface area contributed by atoms with Crippen LogP contribution >= 0.6 is 0 Å². The quantitative estimate of drug-likeness (QED) is 0.602. The summed E-state index contributed by atoms with van der Waals surface area (Å²) in [6.45, 7) is 3.72. The second-order valence-corrected chi connectivity index (χ2v) is 6.18. The predicted octanol–water partition coefficient (Wildman–Crippen LogP) is 3.48. The first-order chi connectivity index (χ1) is 14.5. The number of anilines is 1. The number of benzene rings is 2. The van der Waals surface area contributed by atoms with Gasteiger partial charge in [-0.2, -0.15) is 0 Å². The first-order valence-electron chi connectivity index (χ1n) is 9.42. The van der Waals surface area contributed by atoms with Crippen LogP contribution in [0.1, 0.15) is 45.1 Å². The fourth-order valence-electron chi connectivity index (χ4n) is 2.82. The maximum atomic E-state index is 12.9. The molecular weight excluding hydrogens is 386 g/mol. The zero-order valence-corrected chi connectivity index (χ0v) is 16.6. The lowest BCUT2D eigenvalue weighted by molar-refractivity contribution is 0.0525. The van der Waals surface area contributed by atoms with E-state index in [-0.39, 0.29) is 30.0 Å². The molecule has 30 heavy (non-hydrogen) atoms. The van der Waals surface area contributed by atoms with Crippen LogP contribution in [0.4, 0.5) is 5.69 Å². The topological polar surface area (TPSA) is 99.5 Å². The van der Waals surface area contributed by atoms with Crippen molar-refractivity contribution in [1.82, 2.24) is 9.55 Å². The highest BCUT2D eigenvalue weighted by atomic mass is 16.5. The molecule has 0 atom stereocenters. The molecule has 0 radical (unpaired) electrons. The van der Waals surface area contributed by atoms with Crippen molar-refractivity contribution in [2.75, 3.05) is 18.5 Å². The van der Waals surface area contributed by atoms with Crippen LogP contribution in [0.3, 0.4) is 0 Å². The Morgan fingerprint density at radius 2 is 1.53 bits per heavy atom. The highest BCUT2D eigenvalue weighted by molar-refractivity contribution is 6.05. The number of carbonyl (C=O) groups excluding carboxylic acids is 3. The lowest BCUT2D eigenvalue weighted by atomic mass is 10.1. The molecule has 8 heteroatoms. The summed E-state index contributed by atoms with van der Waals surface area (Å²) in [5, 5.41) is 2.71.